The highest BCUT2D eigenvalue weighted by atomic mass is 19.4. The van der Waals surface area contributed by atoms with Gasteiger partial charge in [0.25, 0.3) is 0 Å². The Labute approximate surface area is 104 Å². The molecule has 0 aliphatic carbocycles. The Morgan fingerprint density at radius 2 is 1.83 bits per heavy atom. The molecule has 1 rings (SSSR count). The molecule has 0 spiro atoms. The quantitative estimate of drug-likeness (QED) is 0.763. The van der Waals surface area contributed by atoms with Crippen LogP contribution < -0.4 is 4.74 Å². The molecule has 5 heteroatoms. The molecule has 1 aromatic carbocycles. The maximum atomic E-state index is 12.1. The molecule has 0 saturated carbocycles. The lowest BCUT2D eigenvalue weighted by molar-refractivity contribution is -0.274. The van der Waals surface area contributed by atoms with Gasteiger partial charge in [-0.2, -0.15) is 0 Å². The third-order valence-corrected chi connectivity index (χ3v) is 2.77. The van der Waals surface area contributed by atoms with Crippen molar-refractivity contribution in [3.05, 3.63) is 29.8 Å². The fraction of sp³-hybridized carbons (Fsp3) is 0.462. The number of halogens is 3. The number of alkyl halides is 3. The first-order valence-electron chi connectivity index (χ1n) is 5.60. The molecule has 2 nitrogen and oxygen atoms in total. The normalized spacial score (nSPS) is 13.5. The van der Waals surface area contributed by atoms with Gasteiger partial charge in [-0.25, -0.2) is 0 Å². The van der Waals surface area contributed by atoms with E-state index in [-0.39, 0.29) is 28.9 Å². The third-order valence-electron chi connectivity index (χ3n) is 2.77. The van der Waals surface area contributed by atoms with Gasteiger partial charge in [0.2, 0.25) is 0 Å². The van der Waals surface area contributed by atoms with E-state index < -0.39 is 6.36 Å². The van der Waals surface area contributed by atoms with Crippen LogP contribution in [0.25, 0.3) is 0 Å². The smallest absolute Gasteiger partial charge is 0.406 e. The average Bonchev–Trinajstić information content (AvgIpc) is 2.25. The van der Waals surface area contributed by atoms with Gasteiger partial charge < -0.3 is 4.74 Å². The molecule has 0 aliphatic rings. The summed E-state index contributed by atoms with van der Waals surface area (Å²) in [5, 5.41) is 0. The molecular weight excluding hydrogens is 245 g/mol. The van der Waals surface area contributed by atoms with E-state index in [1.165, 1.54) is 18.2 Å². The van der Waals surface area contributed by atoms with E-state index in [4.69, 9.17) is 0 Å². The lowest BCUT2D eigenvalue weighted by Gasteiger charge is -2.15. The van der Waals surface area contributed by atoms with E-state index >= 15 is 0 Å². The van der Waals surface area contributed by atoms with Gasteiger partial charge in [0.05, 0.1) is 0 Å². The molecule has 18 heavy (non-hydrogen) atoms. The van der Waals surface area contributed by atoms with E-state index in [1.807, 2.05) is 13.8 Å². The summed E-state index contributed by atoms with van der Waals surface area (Å²) in [5.74, 6) is -0.669. The van der Waals surface area contributed by atoms with E-state index in [2.05, 4.69) is 4.74 Å². The first-order valence-corrected chi connectivity index (χ1v) is 5.60. The monoisotopic (exact) mass is 260 g/mol. The van der Waals surface area contributed by atoms with Gasteiger partial charge in [-0.3, -0.25) is 4.79 Å². The molecule has 100 valence electrons. The van der Waals surface area contributed by atoms with Gasteiger partial charge in [0.15, 0.2) is 5.78 Å². The van der Waals surface area contributed by atoms with Gasteiger partial charge in [0.1, 0.15) is 5.75 Å². The average molecular weight is 260 g/mol. The molecule has 0 saturated heterocycles. The Morgan fingerprint density at radius 3 is 2.33 bits per heavy atom. The van der Waals surface area contributed by atoms with Crippen LogP contribution in [0.2, 0.25) is 0 Å². The van der Waals surface area contributed by atoms with Crippen LogP contribution in [0.5, 0.6) is 5.75 Å². The minimum atomic E-state index is -4.74. The number of ether oxygens (including phenoxy) is 1. The predicted molar refractivity (Wildman–Crippen MR) is 61.5 cm³/mol. The van der Waals surface area contributed by atoms with Gasteiger partial charge in [0, 0.05) is 11.5 Å². The number of hydrogen-bond donors (Lipinski definition) is 0. The minimum absolute atomic E-state index is 0.129. The van der Waals surface area contributed by atoms with Crippen molar-refractivity contribution in [3.63, 3.8) is 0 Å². The Morgan fingerprint density at radius 1 is 1.22 bits per heavy atom. The van der Waals surface area contributed by atoms with Crippen LogP contribution in [-0.2, 0) is 0 Å². The van der Waals surface area contributed by atoms with Crippen molar-refractivity contribution < 1.29 is 22.7 Å². The maximum Gasteiger partial charge on any atom is 0.573 e. The molecule has 0 aliphatic heterocycles. The zero-order valence-corrected chi connectivity index (χ0v) is 10.4. The number of benzene rings is 1. The second-order valence-corrected chi connectivity index (χ2v) is 4.47. The number of rotatable bonds is 4. The van der Waals surface area contributed by atoms with Crippen molar-refractivity contribution >= 4 is 5.78 Å². The summed E-state index contributed by atoms with van der Waals surface area (Å²) >= 11 is 0. The first kappa shape index (κ1) is 14.5. The van der Waals surface area contributed by atoms with Crippen molar-refractivity contribution in [2.75, 3.05) is 0 Å². The number of carbonyl (C=O) groups is 1. The molecule has 0 fully saturated rings. The number of carbonyl (C=O) groups excluding carboxylic acids is 1. The summed E-state index contributed by atoms with van der Waals surface area (Å²) < 4.78 is 39.9. The van der Waals surface area contributed by atoms with Crippen molar-refractivity contribution in [1.29, 1.82) is 0 Å². The molecule has 1 atom stereocenters. The van der Waals surface area contributed by atoms with E-state index in [9.17, 15) is 18.0 Å². The summed E-state index contributed by atoms with van der Waals surface area (Å²) in [7, 11) is 0. The molecule has 0 N–H and O–H groups in total. The summed E-state index contributed by atoms with van der Waals surface area (Å²) in [6.07, 6.45) is -4.74. The first-order chi connectivity index (χ1) is 8.20. The molecule has 0 amide bonds. The zero-order chi connectivity index (χ0) is 13.9. The number of hydrogen-bond acceptors (Lipinski definition) is 2. The molecule has 0 bridgehead atoms. The van der Waals surface area contributed by atoms with Crippen LogP contribution in [0.1, 0.15) is 31.1 Å². The van der Waals surface area contributed by atoms with E-state index in [0.29, 0.717) is 0 Å². The summed E-state index contributed by atoms with van der Waals surface area (Å²) in [4.78, 5) is 12.0. The van der Waals surface area contributed by atoms with Crippen molar-refractivity contribution in [1.82, 2.24) is 0 Å². The van der Waals surface area contributed by atoms with Crippen LogP contribution in [0.3, 0.4) is 0 Å². The van der Waals surface area contributed by atoms with Gasteiger partial charge >= 0.3 is 6.36 Å². The van der Waals surface area contributed by atoms with Crippen LogP contribution in [0.4, 0.5) is 13.2 Å². The van der Waals surface area contributed by atoms with Crippen molar-refractivity contribution in [2.24, 2.45) is 11.8 Å². The topological polar surface area (TPSA) is 26.3 Å². The number of Topliss-reactive ketones (excluding diaryl/α,β-unsaturated/α-hetero) is 1. The summed E-state index contributed by atoms with van der Waals surface area (Å²) in [6, 6.07) is 5.16. The third kappa shape index (κ3) is 4.05. The Hall–Kier alpha value is -1.52. The Kier molecular flexibility index (Phi) is 4.38. The molecule has 1 aromatic rings. The van der Waals surface area contributed by atoms with Crippen molar-refractivity contribution in [2.45, 2.75) is 27.1 Å². The summed E-state index contributed by atoms with van der Waals surface area (Å²) in [5.41, 5.74) is 0.234. The minimum Gasteiger partial charge on any atom is -0.406 e. The standard InChI is InChI=1S/C13H15F3O2/c1-8(2)9(3)12(17)10-5-4-6-11(7-10)18-13(14,15)16/h4-9H,1-3H3. The molecule has 0 radical (unpaired) electrons. The second kappa shape index (κ2) is 5.42. The highest BCUT2D eigenvalue weighted by molar-refractivity contribution is 5.98. The molecule has 0 heterocycles. The highest BCUT2D eigenvalue weighted by Gasteiger charge is 2.31. The van der Waals surface area contributed by atoms with Gasteiger partial charge in [-0.05, 0) is 18.1 Å². The maximum absolute atomic E-state index is 12.1. The lowest BCUT2D eigenvalue weighted by atomic mass is 9.90. The van der Waals surface area contributed by atoms with Crippen molar-refractivity contribution in [3.8, 4) is 5.75 Å². The molecule has 0 aromatic heterocycles. The number of ketones is 1. The highest BCUT2D eigenvalue weighted by Crippen LogP contribution is 2.25. The second-order valence-electron chi connectivity index (χ2n) is 4.47. The van der Waals surface area contributed by atoms with Gasteiger partial charge in [-0.1, -0.05) is 32.9 Å². The van der Waals surface area contributed by atoms with Crippen LogP contribution >= 0.6 is 0 Å². The van der Waals surface area contributed by atoms with E-state index in [1.54, 1.807) is 6.92 Å². The molecular formula is C13H15F3O2. The fourth-order valence-electron chi connectivity index (χ4n) is 1.41. The lowest BCUT2D eigenvalue weighted by Crippen LogP contribution is -2.19. The predicted octanol–water partition coefficient (Wildman–Crippen LogP) is 4.06. The molecule has 1 unspecified atom stereocenters. The zero-order valence-electron chi connectivity index (χ0n) is 10.4. The Bertz CT molecular complexity index is 424. The largest absolute Gasteiger partial charge is 0.573 e. The fourth-order valence-corrected chi connectivity index (χ4v) is 1.41. The van der Waals surface area contributed by atoms with Crippen LogP contribution in [-0.4, -0.2) is 12.1 Å². The van der Waals surface area contributed by atoms with E-state index in [0.717, 1.165) is 6.07 Å². The summed E-state index contributed by atoms with van der Waals surface area (Å²) in [6.45, 7) is 5.53. The van der Waals surface area contributed by atoms with Crippen LogP contribution in [0.15, 0.2) is 24.3 Å². The van der Waals surface area contributed by atoms with Crippen LogP contribution in [0, 0.1) is 11.8 Å². The SMILES string of the molecule is CC(C)C(C)C(=O)c1cccc(OC(F)(F)F)c1. The van der Waals surface area contributed by atoms with Gasteiger partial charge in [-0.15, -0.1) is 13.2 Å². The Balaban J connectivity index is 2.92.